The third kappa shape index (κ3) is 0.825. The van der Waals surface area contributed by atoms with Crippen LogP contribution >= 0.6 is 0 Å². The van der Waals surface area contributed by atoms with Crippen molar-refractivity contribution in [2.45, 2.75) is 32.1 Å². The van der Waals surface area contributed by atoms with Crippen LogP contribution in [0.25, 0.3) is 0 Å². The Kier molecular flexibility index (Phi) is 1.08. The SMILES string of the molecule is O=C(O)C1CCC2(CC2)C1. The molecule has 0 bridgehead atoms. The van der Waals surface area contributed by atoms with E-state index in [-0.39, 0.29) is 5.92 Å². The van der Waals surface area contributed by atoms with E-state index in [0.29, 0.717) is 5.41 Å². The van der Waals surface area contributed by atoms with Crippen LogP contribution in [-0.2, 0) is 4.79 Å². The Morgan fingerprint density at radius 1 is 1.40 bits per heavy atom. The summed E-state index contributed by atoms with van der Waals surface area (Å²) in [7, 11) is 0. The number of rotatable bonds is 1. The van der Waals surface area contributed by atoms with Gasteiger partial charge in [-0.15, -0.1) is 0 Å². The molecule has 56 valence electrons. The van der Waals surface area contributed by atoms with Gasteiger partial charge in [-0.05, 0) is 37.5 Å². The average molecular weight is 140 g/mol. The molecule has 2 heteroatoms. The normalized spacial score (nSPS) is 34.6. The molecule has 0 aromatic carbocycles. The summed E-state index contributed by atoms with van der Waals surface area (Å²) < 4.78 is 0. The first-order valence-corrected chi connectivity index (χ1v) is 3.95. The molecule has 0 heterocycles. The summed E-state index contributed by atoms with van der Waals surface area (Å²) in [5.41, 5.74) is 0.517. The zero-order chi connectivity index (χ0) is 7.19. The summed E-state index contributed by atoms with van der Waals surface area (Å²) in [5, 5.41) is 8.67. The van der Waals surface area contributed by atoms with Crippen molar-refractivity contribution in [3.05, 3.63) is 0 Å². The maximum absolute atomic E-state index is 10.5. The van der Waals surface area contributed by atoms with Crippen molar-refractivity contribution in [3.8, 4) is 0 Å². The van der Waals surface area contributed by atoms with Crippen molar-refractivity contribution in [2.75, 3.05) is 0 Å². The average Bonchev–Trinajstić information content (AvgIpc) is 2.41. The van der Waals surface area contributed by atoms with Gasteiger partial charge in [-0.2, -0.15) is 0 Å². The summed E-state index contributed by atoms with van der Waals surface area (Å²) in [6.07, 6.45) is 5.63. The second-order valence-corrected chi connectivity index (χ2v) is 3.78. The Balaban J connectivity index is 1.99. The van der Waals surface area contributed by atoms with Crippen LogP contribution in [0.1, 0.15) is 32.1 Å². The van der Waals surface area contributed by atoms with Crippen LogP contribution in [0.15, 0.2) is 0 Å². The summed E-state index contributed by atoms with van der Waals surface area (Å²) in [6, 6.07) is 0. The summed E-state index contributed by atoms with van der Waals surface area (Å²) in [5.74, 6) is -0.591. The van der Waals surface area contributed by atoms with Crippen molar-refractivity contribution < 1.29 is 9.90 Å². The van der Waals surface area contributed by atoms with Crippen molar-refractivity contribution in [1.29, 1.82) is 0 Å². The Morgan fingerprint density at radius 2 is 2.10 bits per heavy atom. The third-order valence-electron chi connectivity index (χ3n) is 3.01. The van der Waals surface area contributed by atoms with Crippen LogP contribution in [0.4, 0.5) is 0 Å². The Labute approximate surface area is 60.2 Å². The van der Waals surface area contributed by atoms with Gasteiger partial charge in [0.25, 0.3) is 0 Å². The molecular weight excluding hydrogens is 128 g/mol. The number of hydrogen-bond acceptors (Lipinski definition) is 1. The van der Waals surface area contributed by atoms with Gasteiger partial charge < -0.3 is 5.11 Å². The smallest absolute Gasteiger partial charge is 0.306 e. The third-order valence-corrected chi connectivity index (χ3v) is 3.01. The van der Waals surface area contributed by atoms with Gasteiger partial charge in [-0.1, -0.05) is 0 Å². The molecule has 2 rings (SSSR count). The van der Waals surface area contributed by atoms with Gasteiger partial charge in [0.15, 0.2) is 0 Å². The molecule has 1 unspecified atom stereocenters. The van der Waals surface area contributed by atoms with Crippen molar-refractivity contribution in [1.82, 2.24) is 0 Å². The monoisotopic (exact) mass is 140 g/mol. The van der Waals surface area contributed by atoms with Gasteiger partial charge in [-0.25, -0.2) is 0 Å². The molecular formula is C8H12O2. The molecule has 2 nitrogen and oxygen atoms in total. The van der Waals surface area contributed by atoms with Crippen LogP contribution in [0.2, 0.25) is 0 Å². The Hall–Kier alpha value is -0.530. The molecule has 10 heavy (non-hydrogen) atoms. The van der Waals surface area contributed by atoms with E-state index in [1.807, 2.05) is 0 Å². The van der Waals surface area contributed by atoms with Crippen molar-refractivity contribution in [2.24, 2.45) is 11.3 Å². The topological polar surface area (TPSA) is 37.3 Å². The number of carbonyl (C=O) groups is 1. The van der Waals surface area contributed by atoms with Crippen LogP contribution in [-0.4, -0.2) is 11.1 Å². The lowest BCUT2D eigenvalue weighted by molar-refractivity contribution is -0.141. The number of hydrogen-bond donors (Lipinski definition) is 1. The molecule has 1 N–H and O–H groups in total. The quantitative estimate of drug-likeness (QED) is 0.601. The van der Waals surface area contributed by atoms with Crippen LogP contribution in [0, 0.1) is 11.3 Å². The van der Waals surface area contributed by atoms with E-state index < -0.39 is 5.97 Å². The highest BCUT2D eigenvalue weighted by Gasteiger charge is 2.49. The van der Waals surface area contributed by atoms with Crippen molar-refractivity contribution in [3.63, 3.8) is 0 Å². The number of aliphatic carboxylic acids is 1. The highest BCUT2D eigenvalue weighted by atomic mass is 16.4. The Morgan fingerprint density at radius 3 is 2.40 bits per heavy atom. The van der Waals surface area contributed by atoms with Gasteiger partial charge in [0.05, 0.1) is 5.92 Å². The molecule has 1 spiro atoms. The minimum atomic E-state index is -0.580. The van der Waals surface area contributed by atoms with E-state index in [4.69, 9.17) is 5.11 Å². The molecule has 1 atom stereocenters. The lowest BCUT2D eigenvalue weighted by Gasteiger charge is -2.02. The first-order valence-electron chi connectivity index (χ1n) is 3.95. The second kappa shape index (κ2) is 1.74. The van der Waals surface area contributed by atoms with E-state index >= 15 is 0 Å². The van der Waals surface area contributed by atoms with E-state index in [9.17, 15) is 4.79 Å². The largest absolute Gasteiger partial charge is 0.481 e. The molecule has 2 aliphatic carbocycles. The maximum atomic E-state index is 10.5. The standard InChI is InChI=1S/C8H12O2/c9-7(10)6-1-2-8(5-6)3-4-8/h6H,1-5H2,(H,9,10). The molecule has 0 saturated heterocycles. The van der Waals surface area contributed by atoms with Crippen LogP contribution in [0.3, 0.4) is 0 Å². The highest BCUT2D eigenvalue weighted by molar-refractivity contribution is 5.70. The first kappa shape index (κ1) is 6.20. The minimum absolute atomic E-state index is 0.0116. The fourth-order valence-corrected chi connectivity index (χ4v) is 2.05. The van der Waals surface area contributed by atoms with Gasteiger partial charge in [0.2, 0.25) is 0 Å². The molecule has 2 aliphatic rings. The molecule has 2 saturated carbocycles. The van der Waals surface area contributed by atoms with Crippen molar-refractivity contribution >= 4 is 5.97 Å². The summed E-state index contributed by atoms with van der Waals surface area (Å²) in [4.78, 5) is 10.5. The number of carboxylic acid groups (broad SMARTS) is 1. The summed E-state index contributed by atoms with van der Waals surface area (Å²) >= 11 is 0. The Bertz CT molecular complexity index is 170. The lowest BCUT2D eigenvalue weighted by Crippen LogP contribution is -2.09. The highest BCUT2D eigenvalue weighted by Crippen LogP contribution is 2.59. The molecule has 0 radical (unpaired) electrons. The van der Waals surface area contributed by atoms with E-state index in [2.05, 4.69) is 0 Å². The maximum Gasteiger partial charge on any atom is 0.306 e. The van der Waals surface area contributed by atoms with Crippen LogP contribution in [0.5, 0.6) is 0 Å². The van der Waals surface area contributed by atoms with E-state index in [1.54, 1.807) is 0 Å². The molecule has 2 fully saturated rings. The molecule has 0 aromatic heterocycles. The zero-order valence-corrected chi connectivity index (χ0v) is 5.97. The van der Waals surface area contributed by atoms with Gasteiger partial charge >= 0.3 is 5.97 Å². The van der Waals surface area contributed by atoms with Crippen LogP contribution < -0.4 is 0 Å². The minimum Gasteiger partial charge on any atom is -0.481 e. The van der Waals surface area contributed by atoms with Gasteiger partial charge in [-0.3, -0.25) is 4.79 Å². The van der Waals surface area contributed by atoms with E-state index in [0.717, 1.165) is 12.8 Å². The lowest BCUT2D eigenvalue weighted by atomic mass is 10.0. The second-order valence-electron chi connectivity index (χ2n) is 3.78. The predicted molar refractivity (Wildman–Crippen MR) is 36.6 cm³/mol. The number of carboxylic acids is 1. The predicted octanol–water partition coefficient (Wildman–Crippen LogP) is 1.65. The van der Waals surface area contributed by atoms with E-state index in [1.165, 1.54) is 19.3 Å². The fraction of sp³-hybridized carbons (Fsp3) is 0.875. The van der Waals surface area contributed by atoms with Gasteiger partial charge in [0.1, 0.15) is 0 Å². The fourth-order valence-electron chi connectivity index (χ4n) is 2.05. The zero-order valence-electron chi connectivity index (χ0n) is 5.97. The summed E-state index contributed by atoms with van der Waals surface area (Å²) in [6.45, 7) is 0. The molecule has 0 aromatic rings. The molecule has 0 aliphatic heterocycles. The first-order chi connectivity index (χ1) is 4.72. The van der Waals surface area contributed by atoms with Gasteiger partial charge in [0, 0.05) is 0 Å². The molecule has 0 amide bonds.